The van der Waals surface area contributed by atoms with Crippen molar-refractivity contribution in [3.63, 3.8) is 0 Å². The quantitative estimate of drug-likeness (QED) is 0.269. The molecule has 4 nitrogen and oxygen atoms in total. The minimum atomic E-state index is -4.74. The van der Waals surface area contributed by atoms with Crippen molar-refractivity contribution in [2.45, 2.75) is 70.4 Å². The van der Waals surface area contributed by atoms with E-state index in [9.17, 15) is 21.6 Å². The van der Waals surface area contributed by atoms with E-state index in [1.807, 2.05) is 0 Å². The van der Waals surface area contributed by atoms with Gasteiger partial charge in [-0.1, -0.05) is 32.1 Å². The van der Waals surface area contributed by atoms with Gasteiger partial charge in [-0.15, -0.1) is 0 Å². The first-order valence-electron chi connectivity index (χ1n) is 9.39. The van der Waals surface area contributed by atoms with Gasteiger partial charge in [0.15, 0.2) is 5.75 Å². The number of hydrogen-bond donors (Lipinski definition) is 0. The van der Waals surface area contributed by atoms with Gasteiger partial charge in [0, 0.05) is 12.8 Å². The minimum Gasteiger partial charge on any atom is -0.326 e. The summed E-state index contributed by atoms with van der Waals surface area (Å²) in [6.45, 7) is 3.76. The average molecular weight is 389 g/mol. The number of alkyl halides is 3. The molecule has 150 valence electrons. The maximum atomic E-state index is 12.0. The summed E-state index contributed by atoms with van der Waals surface area (Å²) in [7, 11) is -2.13. The second-order valence-corrected chi connectivity index (χ2v) is 9.10. The van der Waals surface area contributed by atoms with Crippen LogP contribution in [0.25, 0.3) is 0 Å². The predicted octanol–water partition coefficient (Wildman–Crippen LogP) is 4.26. The van der Waals surface area contributed by atoms with Crippen LogP contribution in [0.2, 0.25) is 0 Å². The van der Waals surface area contributed by atoms with Gasteiger partial charge in [0.25, 0.3) is 10.1 Å². The zero-order chi connectivity index (χ0) is 18.8. The van der Waals surface area contributed by atoms with Gasteiger partial charge in [0.2, 0.25) is 0 Å². The molecule has 0 atom stereocenters. The van der Waals surface area contributed by atoms with Crippen LogP contribution in [0.5, 0.6) is 0 Å². The van der Waals surface area contributed by atoms with E-state index in [0.717, 1.165) is 25.7 Å². The van der Waals surface area contributed by atoms with Gasteiger partial charge >= 0.3 is 6.18 Å². The number of quaternary nitrogens is 1. The molecule has 0 aromatic heterocycles. The molecule has 0 aromatic carbocycles. The van der Waals surface area contributed by atoms with Crippen molar-refractivity contribution in [1.82, 2.24) is 0 Å². The van der Waals surface area contributed by atoms with Crippen LogP contribution < -0.4 is 0 Å². The van der Waals surface area contributed by atoms with Crippen molar-refractivity contribution < 1.29 is 30.3 Å². The Balaban J connectivity index is 1.89. The molecule has 1 aliphatic heterocycles. The molecular weight excluding hydrogens is 355 g/mol. The smallest absolute Gasteiger partial charge is 0.326 e. The van der Waals surface area contributed by atoms with Crippen LogP contribution in [0.1, 0.15) is 64.2 Å². The molecule has 0 radical (unpaired) electrons. The van der Waals surface area contributed by atoms with Crippen molar-refractivity contribution in [1.29, 1.82) is 0 Å². The zero-order valence-corrected chi connectivity index (χ0v) is 16.1. The molecule has 8 heteroatoms. The predicted molar refractivity (Wildman–Crippen MR) is 92.7 cm³/mol. The number of unbranched alkanes of at least 4 members (excludes halogenated alkanes) is 7. The Hall–Kier alpha value is -0.340. The number of hydrogen-bond acceptors (Lipinski definition) is 3. The Bertz CT molecular complexity index is 460. The molecule has 0 bridgehead atoms. The fraction of sp³-hybridized carbons (Fsp3) is 1.00. The standard InChI is InChI=1S/C17H33F3NO3S/c1-21(13-9-10-14-21)12-8-6-4-2-3-5-7-11-15-24-25(22,23)16-17(18,19)20/h2-16H2,1H3/q+1. The third-order valence-electron chi connectivity index (χ3n) is 4.84. The van der Waals surface area contributed by atoms with Crippen LogP contribution >= 0.6 is 0 Å². The van der Waals surface area contributed by atoms with E-state index in [-0.39, 0.29) is 6.61 Å². The highest BCUT2D eigenvalue weighted by Gasteiger charge is 2.35. The van der Waals surface area contributed by atoms with Crippen LogP contribution in [0.4, 0.5) is 13.2 Å². The molecule has 0 aliphatic carbocycles. The van der Waals surface area contributed by atoms with Crippen molar-refractivity contribution >= 4 is 10.1 Å². The maximum absolute atomic E-state index is 12.0. The fourth-order valence-electron chi connectivity index (χ4n) is 3.41. The van der Waals surface area contributed by atoms with E-state index >= 15 is 0 Å². The highest BCUT2D eigenvalue weighted by atomic mass is 32.2. The van der Waals surface area contributed by atoms with Gasteiger partial charge in [-0.2, -0.15) is 21.6 Å². The third-order valence-corrected chi connectivity index (χ3v) is 6.05. The molecule has 0 amide bonds. The summed E-state index contributed by atoms with van der Waals surface area (Å²) in [5.74, 6) is -1.91. The lowest BCUT2D eigenvalue weighted by atomic mass is 10.1. The summed E-state index contributed by atoms with van der Waals surface area (Å²) < 4.78 is 63.7. The Morgan fingerprint density at radius 3 is 1.88 bits per heavy atom. The van der Waals surface area contributed by atoms with Crippen molar-refractivity contribution in [3.8, 4) is 0 Å². The summed E-state index contributed by atoms with van der Waals surface area (Å²) in [5.41, 5.74) is 0. The molecule has 1 fully saturated rings. The summed E-state index contributed by atoms with van der Waals surface area (Å²) in [4.78, 5) is 0. The third kappa shape index (κ3) is 11.8. The lowest BCUT2D eigenvalue weighted by Gasteiger charge is -2.29. The Labute approximate surface area is 150 Å². The minimum absolute atomic E-state index is 0.158. The molecule has 25 heavy (non-hydrogen) atoms. The van der Waals surface area contributed by atoms with Gasteiger partial charge < -0.3 is 4.48 Å². The van der Waals surface area contributed by atoms with Gasteiger partial charge in [0.05, 0.1) is 33.3 Å². The highest BCUT2D eigenvalue weighted by Crippen LogP contribution is 2.19. The van der Waals surface area contributed by atoms with Gasteiger partial charge in [-0.25, -0.2) is 0 Å². The van der Waals surface area contributed by atoms with Crippen LogP contribution in [-0.4, -0.2) is 58.1 Å². The number of likely N-dealkylation sites (tertiary alicyclic amines) is 1. The Morgan fingerprint density at radius 2 is 1.36 bits per heavy atom. The van der Waals surface area contributed by atoms with Crippen molar-refractivity contribution in [2.75, 3.05) is 39.0 Å². The second kappa shape index (κ2) is 10.7. The molecule has 0 saturated carbocycles. The summed E-state index contributed by atoms with van der Waals surface area (Å²) in [6.07, 6.45) is 6.21. The van der Waals surface area contributed by atoms with E-state index in [1.54, 1.807) is 0 Å². The first-order chi connectivity index (χ1) is 11.6. The number of nitrogens with zero attached hydrogens (tertiary/aromatic N) is 1. The summed E-state index contributed by atoms with van der Waals surface area (Å²) >= 11 is 0. The molecule has 0 spiro atoms. The maximum Gasteiger partial charge on any atom is 0.405 e. The van der Waals surface area contributed by atoms with Crippen LogP contribution in [0.15, 0.2) is 0 Å². The molecule has 1 aliphatic rings. The van der Waals surface area contributed by atoms with Crippen LogP contribution in [0.3, 0.4) is 0 Å². The van der Waals surface area contributed by atoms with Crippen LogP contribution in [-0.2, 0) is 14.3 Å². The van der Waals surface area contributed by atoms with E-state index in [1.165, 1.54) is 56.2 Å². The summed E-state index contributed by atoms with van der Waals surface area (Å²) in [5, 5.41) is 0. The lowest BCUT2D eigenvalue weighted by molar-refractivity contribution is -0.897. The van der Waals surface area contributed by atoms with Gasteiger partial charge in [-0.05, 0) is 19.3 Å². The SMILES string of the molecule is C[N+]1(CCCCCCCCCCOS(=O)(=O)CC(F)(F)F)CCCC1. The van der Waals surface area contributed by atoms with E-state index in [2.05, 4.69) is 11.2 Å². The Morgan fingerprint density at radius 1 is 0.880 bits per heavy atom. The first-order valence-corrected chi connectivity index (χ1v) is 11.0. The fourth-order valence-corrected chi connectivity index (χ4v) is 4.26. The average Bonchev–Trinajstić information content (AvgIpc) is 2.89. The molecule has 1 rings (SSSR count). The van der Waals surface area contributed by atoms with E-state index in [0.29, 0.717) is 6.42 Å². The normalized spacial score (nSPS) is 17.9. The highest BCUT2D eigenvalue weighted by molar-refractivity contribution is 7.86. The van der Waals surface area contributed by atoms with E-state index in [4.69, 9.17) is 0 Å². The molecule has 0 aromatic rings. The van der Waals surface area contributed by atoms with Gasteiger partial charge in [-0.3, -0.25) is 4.18 Å². The molecule has 1 heterocycles. The molecule has 0 unspecified atom stereocenters. The van der Waals surface area contributed by atoms with Crippen LogP contribution in [0, 0.1) is 0 Å². The van der Waals surface area contributed by atoms with Gasteiger partial charge in [0.1, 0.15) is 0 Å². The van der Waals surface area contributed by atoms with Crippen molar-refractivity contribution in [3.05, 3.63) is 0 Å². The lowest BCUT2D eigenvalue weighted by Crippen LogP contribution is -2.41. The zero-order valence-electron chi connectivity index (χ0n) is 15.3. The largest absolute Gasteiger partial charge is 0.405 e. The Kier molecular flexibility index (Phi) is 9.74. The van der Waals surface area contributed by atoms with E-state index < -0.39 is 22.0 Å². The number of rotatable bonds is 13. The summed E-state index contributed by atoms with van der Waals surface area (Å²) in [6, 6.07) is 0. The molecule has 0 N–H and O–H groups in total. The first kappa shape index (κ1) is 22.7. The molecule has 1 saturated heterocycles. The topological polar surface area (TPSA) is 43.4 Å². The van der Waals surface area contributed by atoms with Crippen molar-refractivity contribution in [2.24, 2.45) is 0 Å². The monoisotopic (exact) mass is 388 g/mol. The second-order valence-electron chi connectivity index (χ2n) is 7.47. The molecular formula is C17H33F3NO3S+. The number of halogens is 3.